The van der Waals surface area contributed by atoms with Crippen LogP contribution in [0.25, 0.3) is 0 Å². The molecule has 140 valence electrons. The molecule has 0 saturated carbocycles. The van der Waals surface area contributed by atoms with Gasteiger partial charge >= 0.3 is 0 Å². The maximum Gasteiger partial charge on any atom is 0.194 e. The topological polar surface area (TPSA) is 46.1 Å². The molecule has 0 bridgehead atoms. The molecule has 2 fully saturated rings. The Kier molecular flexibility index (Phi) is 7.81. The third-order valence-corrected chi connectivity index (χ3v) is 4.96. The minimum Gasteiger partial charge on any atom is -0.491 e. The van der Waals surface area contributed by atoms with Crippen molar-refractivity contribution in [1.29, 1.82) is 0 Å². The molecule has 0 aromatic heterocycles. The van der Waals surface area contributed by atoms with Gasteiger partial charge in [-0.25, -0.2) is 4.99 Å². The Balaban J connectivity index is 0.00000225. The first-order valence-electron chi connectivity index (χ1n) is 9.02. The molecule has 1 spiro atoms. The lowest BCUT2D eigenvalue weighted by molar-refractivity contribution is 0.156. The molecule has 0 radical (unpaired) electrons. The third-order valence-electron chi connectivity index (χ3n) is 4.96. The van der Waals surface area contributed by atoms with E-state index in [1.807, 2.05) is 18.2 Å². The molecular formula is C19H30IN3O2. The van der Waals surface area contributed by atoms with Crippen LogP contribution in [-0.4, -0.2) is 56.9 Å². The van der Waals surface area contributed by atoms with Crippen molar-refractivity contribution in [3.63, 3.8) is 0 Å². The van der Waals surface area contributed by atoms with Crippen molar-refractivity contribution in [2.75, 3.05) is 46.0 Å². The van der Waals surface area contributed by atoms with Gasteiger partial charge < -0.3 is 19.7 Å². The van der Waals surface area contributed by atoms with E-state index in [4.69, 9.17) is 14.5 Å². The molecule has 1 N–H and O–H groups in total. The lowest BCUT2D eigenvalue weighted by Gasteiger charge is -2.25. The first-order valence-corrected chi connectivity index (χ1v) is 9.02. The zero-order valence-corrected chi connectivity index (χ0v) is 17.6. The predicted octanol–water partition coefficient (Wildman–Crippen LogP) is 3.07. The third kappa shape index (κ3) is 5.23. The summed E-state index contributed by atoms with van der Waals surface area (Å²) in [5, 5.41) is 3.42. The SMILES string of the molecule is CCNC(=NCCOc1ccccc1C)N1CCC2(CCOC2)C1.I. The molecule has 1 aromatic rings. The summed E-state index contributed by atoms with van der Waals surface area (Å²) in [5.74, 6) is 1.95. The average molecular weight is 459 g/mol. The van der Waals surface area contributed by atoms with Crippen LogP contribution in [0.4, 0.5) is 0 Å². The number of nitrogens with zero attached hydrogens (tertiary/aromatic N) is 2. The molecule has 1 aromatic carbocycles. The van der Waals surface area contributed by atoms with E-state index in [0.717, 1.165) is 50.1 Å². The first kappa shape index (κ1) is 20.3. The summed E-state index contributed by atoms with van der Waals surface area (Å²) < 4.78 is 11.5. The second-order valence-electron chi connectivity index (χ2n) is 6.82. The summed E-state index contributed by atoms with van der Waals surface area (Å²) >= 11 is 0. The molecule has 1 atom stereocenters. The van der Waals surface area contributed by atoms with Crippen LogP contribution >= 0.6 is 24.0 Å². The van der Waals surface area contributed by atoms with Crippen LogP contribution in [0.1, 0.15) is 25.3 Å². The quantitative estimate of drug-likeness (QED) is 0.318. The largest absolute Gasteiger partial charge is 0.491 e. The first-order chi connectivity index (χ1) is 11.7. The van der Waals surface area contributed by atoms with Gasteiger partial charge in [-0.05, 0) is 38.3 Å². The lowest BCUT2D eigenvalue weighted by atomic mass is 9.87. The van der Waals surface area contributed by atoms with Crippen molar-refractivity contribution in [3.05, 3.63) is 29.8 Å². The van der Waals surface area contributed by atoms with Crippen molar-refractivity contribution in [2.45, 2.75) is 26.7 Å². The molecule has 25 heavy (non-hydrogen) atoms. The van der Waals surface area contributed by atoms with E-state index >= 15 is 0 Å². The molecule has 2 saturated heterocycles. The van der Waals surface area contributed by atoms with Gasteiger partial charge in [0, 0.05) is 31.7 Å². The number of aliphatic imine (C=N–C) groups is 1. The Bertz CT molecular complexity index is 574. The molecule has 6 heteroatoms. The molecule has 0 amide bonds. The standard InChI is InChI=1S/C19H29N3O2.HI/c1-3-20-18(22-11-8-19(14-22)9-12-23-15-19)21-10-13-24-17-7-5-4-6-16(17)2;/h4-7H,3,8-15H2,1-2H3,(H,20,21);1H. The number of para-hydroxylation sites is 1. The maximum atomic E-state index is 5.85. The second-order valence-corrected chi connectivity index (χ2v) is 6.82. The summed E-state index contributed by atoms with van der Waals surface area (Å²) in [4.78, 5) is 7.14. The maximum absolute atomic E-state index is 5.85. The van der Waals surface area contributed by atoms with Gasteiger partial charge in [0.2, 0.25) is 0 Å². The van der Waals surface area contributed by atoms with Crippen LogP contribution in [0, 0.1) is 12.3 Å². The van der Waals surface area contributed by atoms with E-state index in [9.17, 15) is 0 Å². The molecule has 1 unspecified atom stereocenters. The van der Waals surface area contributed by atoms with Crippen LogP contribution in [-0.2, 0) is 4.74 Å². The number of ether oxygens (including phenoxy) is 2. The fourth-order valence-electron chi connectivity index (χ4n) is 3.54. The van der Waals surface area contributed by atoms with Gasteiger partial charge in [-0.1, -0.05) is 18.2 Å². The van der Waals surface area contributed by atoms with E-state index < -0.39 is 0 Å². The van der Waals surface area contributed by atoms with E-state index in [2.05, 4.69) is 30.1 Å². The number of guanidine groups is 1. The average Bonchev–Trinajstić information content (AvgIpc) is 3.22. The minimum atomic E-state index is 0. The molecule has 5 nitrogen and oxygen atoms in total. The Morgan fingerprint density at radius 2 is 2.20 bits per heavy atom. The molecule has 3 rings (SSSR count). The molecule has 2 heterocycles. The fraction of sp³-hybridized carbons (Fsp3) is 0.632. The smallest absolute Gasteiger partial charge is 0.194 e. The summed E-state index contributed by atoms with van der Waals surface area (Å²) in [6, 6.07) is 8.10. The number of hydrogen-bond donors (Lipinski definition) is 1. The zero-order chi connectivity index (χ0) is 16.8. The highest BCUT2D eigenvalue weighted by Gasteiger charge is 2.42. The van der Waals surface area contributed by atoms with E-state index in [1.54, 1.807) is 0 Å². The number of benzene rings is 1. The Morgan fingerprint density at radius 3 is 2.92 bits per heavy atom. The summed E-state index contributed by atoms with van der Waals surface area (Å²) in [7, 11) is 0. The monoisotopic (exact) mass is 459 g/mol. The minimum absolute atomic E-state index is 0. The normalized spacial score (nSPS) is 23.0. The molecular weight excluding hydrogens is 429 g/mol. The number of likely N-dealkylation sites (tertiary alicyclic amines) is 1. The zero-order valence-electron chi connectivity index (χ0n) is 15.3. The van der Waals surface area contributed by atoms with Crippen molar-refractivity contribution < 1.29 is 9.47 Å². The number of hydrogen-bond acceptors (Lipinski definition) is 3. The van der Waals surface area contributed by atoms with Gasteiger partial charge in [-0.15, -0.1) is 24.0 Å². The van der Waals surface area contributed by atoms with Gasteiger partial charge in [0.25, 0.3) is 0 Å². The van der Waals surface area contributed by atoms with Crippen LogP contribution in [0.5, 0.6) is 5.75 Å². The summed E-state index contributed by atoms with van der Waals surface area (Å²) in [6.07, 6.45) is 2.39. The predicted molar refractivity (Wildman–Crippen MR) is 112 cm³/mol. The van der Waals surface area contributed by atoms with Crippen LogP contribution in [0.15, 0.2) is 29.3 Å². The Hall–Kier alpha value is -1.02. The molecule has 2 aliphatic rings. The highest BCUT2D eigenvalue weighted by atomic mass is 127. The van der Waals surface area contributed by atoms with E-state index in [0.29, 0.717) is 18.6 Å². The number of halogens is 1. The van der Waals surface area contributed by atoms with E-state index in [-0.39, 0.29) is 24.0 Å². The summed E-state index contributed by atoms with van der Waals surface area (Å²) in [6.45, 7) is 10.3. The van der Waals surface area contributed by atoms with E-state index in [1.165, 1.54) is 12.8 Å². The van der Waals surface area contributed by atoms with Gasteiger partial charge in [0.1, 0.15) is 12.4 Å². The number of rotatable bonds is 5. The lowest BCUT2D eigenvalue weighted by Crippen LogP contribution is -2.41. The summed E-state index contributed by atoms with van der Waals surface area (Å²) in [5.41, 5.74) is 1.52. The van der Waals surface area contributed by atoms with Gasteiger partial charge in [-0.2, -0.15) is 0 Å². The Labute approximate surface area is 168 Å². The van der Waals surface area contributed by atoms with Crippen LogP contribution in [0.2, 0.25) is 0 Å². The highest BCUT2D eigenvalue weighted by molar-refractivity contribution is 14.0. The number of nitrogens with one attached hydrogen (secondary N) is 1. The van der Waals surface area contributed by atoms with Crippen molar-refractivity contribution in [3.8, 4) is 5.75 Å². The van der Waals surface area contributed by atoms with Gasteiger partial charge in [-0.3, -0.25) is 0 Å². The molecule has 0 aliphatic carbocycles. The fourth-order valence-corrected chi connectivity index (χ4v) is 3.54. The van der Waals surface area contributed by atoms with Gasteiger partial charge in [0.15, 0.2) is 5.96 Å². The van der Waals surface area contributed by atoms with Crippen LogP contribution in [0.3, 0.4) is 0 Å². The second kappa shape index (κ2) is 9.62. The van der Waals surface area contributed by atoms with Crippen molar-refractivity contribution in [2.24, 2.45) is 10.4 Å². The van der Waals surface area contributed by atoms with Crippen molar-refractivity contribution in [1.82, 2.24) is 10.2 Å². The van der Waals surface area contributed by atoms with Crippen LogP contribution < -0.4 is 10.1 Å². The highest BCUT2D eigenvalue weighted by Crippen LogP contribution is 2.38. The number of aryl methyl sites for hydroxylation is 1. The van der Waals surface area contributed by atoms with Crippen molar-refractivity contribution >= 4 is 29.9 Å². The van der Waals surface area contributed by atoms with Gasteiger partial charge in [0.05, 0.1) is 13.2 Å². The Morgan fingerprint density at radius 1 is 1.36 bits per heavy atom. The molecule has 2 aliphatic heterocycles.